The number of hydrogen-bond donors (Lipinski definition) is 0. The van der Waals surface area contributed by atoms with Gasteiger partial charge in [0.25, 0.3) is 0 Å². The molecule has 1 heterocycles. The fourth-order valence-electron chi connectivity index (χ4n) is 2.51. The Morgan fingerprint density at radius 2 is 1.96 bits per heavy atom. The second kappa shape index (κ2) is 7.58. The second-order valence-corrected chi connectivity index (χ2v) is 6.24. The van der Waals surface area contributed by atoms with E-state index in [1.807, 2.05) is 37.3 Å². The van der Waals surface area contributed by atoms with Crippen LogP contribution < -0.4 is 9.64 Å². The highest BCUT2D eigenvalue weighted by Gasteiger charge is 2.18. The first-order valence-electron chi connectivity index (χ1n) is 7.97. The number of likely N-dealkylation sites (N-methyl/N-ethyl adjacent to an activating group) is 1. The summed E-state index contributed by atoms with van der Waals surface area (Å²) in [5.41, 5.74) is 2.49. The van der Waals surface area contributed by atoms with E-state index in [-0.39, 0.29) is 18.2 Å². The molecule has 0 bridgehead atoms. The number of anilines is 1. The topological polar surface area (TPSA) is 68.5 Å². The normalized spacial score (nSPS) is 10.6. The number of halogens is 1. The maximum Gasteiger partial charge on any atom is 0.236 e. The summed E-state index contributed by atoms with van der Waals surface area (Å²) in [4.78, 5) is 18.4. The van der Waals surface area contributed by atoms with Gasteiger partial charge in [-0.05, 0) is 48.9 Å². The van der Waals surface area contributed by atoms with E-state index >= 15 is 0 Å². The van der Waals surface area contributed by atoms with Crippen LogP contribution in [0.4, 0.5) is 5.69 Å². The van der Waals surface area contributed by atoms with Crippen LogP contribution in [0.1, 0.15) is 11.5 Å². The number of benzene rings is 2. The fraction of sp³-hybridized carbons (Fsp3) is 0.211. The van der Waals surface area contributed by atoms with Gasteiger partial charge in [0.15, 0.2) is 0 Å². The van der Waals surface area contributed by atoms with Gasteiger partial charge in [-0.3, -0.25) is 4.79 Å². The van der Waals surface area contributed by atoms with Crippen LogP contribution in [0, 0.1) is 6.92 Å². The largest absolute Gasteiger partial charge is 0.497 e. The van der Waals surface area contributed by atoms with E-state index in [1.54, 1.807) is 31.2 Å². The van der Waals surface area contributed by atoms with E-state index in [4.69, 9.17) is 20.9 Å². The first kappa shape index (κ1) is 17.9. The maximum absolute atomic E-state index is 12.5. The first-order chi connectivity index (χ1) is 12.5. The molecule has 1 aromatic heterocycles. The van der Waals surface area contributed by atoms with Crippen molar-refractivity contribution in [3.63, 3.8) is 0 Å². The molecule has 0 saturated heterocycles. The molecular formula is C19H18ClN3O3. The zero-order valence-corrected chi connectivity index (χ0v) is 15.4. The van der Waals surface area contributed by atoms with E-state index in [0.717, 1.165) is 22.6 Å². The van der Waals surface area contributed by atoms with Gasteiger partial charge in [0, 0.05) is 23.3 Å². The summed E-state index contributed by atoms with van der Waals surface area (Å²) < 4.78 is 10.3. The molecule has 0 fully saturated rings. The van der Waals surface area contributed by atoms with Crippen molar-refractivity contribution in [2.24, 2.45) is 0 Å². The van der Waals surface area contributed by atoms with E-state index in [9.17, 15) is 4.79 Å². The van der Waals surface area contributed by atoms with E-state index in [2.05, 4.69) is 10.1 Å². The van der Waals surface area contributed by atoms with Crippen LogP contribution in [0.3, 0.4) is 0 Å². The van der Waals surface area contributed by atoms with Crippen molar-refractivity contribution in [3.8, 4) is 17.1 Å². The molecule has 0 aliphatic heterocycles. The average molecular weight is 372 g/mol. The molecular weight excluding hydrogens is 354 g/mol. The van der Waals surface area contributed by atoms with Crippen molar-refractivity contribution in [2.45, 2.75) is 13.3 Å². The van der Waals surface area contributed by atoms with Gasteiger partial charge >= 0.3 is 0 Å². The average Bonchev–Trinajstić information content (AvgIpc) is 3.11. The molecule has 0 aliphatic carbocycles. The van der Waals surface area contributed by atoms with Crippen LogP contribution in [-0.2, 0) is 11.2 Å². The fourth-order valence-corrected chi connectivity index (χ4v) is 2.68. The molecule has 0 radical (unpaired) electrons. The molecule has 3 rings (SSSR count). The van der Waals surface area contributed by atoms with Crippen molar-refractivity contribution < 1.29 is 14.1 Å². The van der Waals surface area contributed by atoms with E-state index in [0.29, 0.717) is 10.8 Å². The molecule has 26 heavy (non-hydrogen) atoms. The SMILES string of the molecule is COc1ccc(-c2noc(CC(=O)N(C)c3cc(Cl)ccc3C)n2)cc1. The number of aryl methyl sites for hydroxylation is 1. The summed E-state index contributed by atoms with van der Waals surface area (Å²) >= 11 is 6.03. The quantitative estimate of drug-likeness (QED) is 0.680. The van der Waals surface area contributed by atoms with Gasteiger partial charge in [-0.25, -0.2) is 0 Å². The number of carbonyl (C=O) groups is 1. The van der Waals surface area contributed by atoms with Gasteiger partial charge in [0.05, 0.1) is 7.11 Å². The number of carbonyl (C=O) groups excluding carboxylic acids is 1. The van der Waals surface area contributed by atoms with Crippen molar-refractivity contribution >= 4 is 23.2 Å². The lowest BCUT2D eigenvalue weighted by Gasteiger charge is -2.19. The second-order valence-electron chi connectivity index (χ2n) is 5.80. The lowest BCUT2D eigenvalue weighted by atomic mass is 10.2. The minimum atomic E-state index is -0.166. The van der Waals surface area contributed by atoms with Crippen LogP contribution in [-0.4, -0.2) is 30.2 Å². The third-order valence-corrected chi connectivity index (χ3v) is 4.26. The molecule has 7 heteroatoms. The molecule has 0 atom stereocenters. The van der Waals surface area contributed by atoms with Crippen molar-refractivity contribution in [1.29, 1.82) is 0 Å². The van der Waals surface area contributed by atoms with Crippen LogP contribution in [0.15, 0.2) is 47.0 Å². The van der Waals surface area contributed by atoms with Gasteiger partial charge in [-0.1, -0.05) is 22.8 Å². The Morgan fingerprint density at radius 1 is 1.23 bits per heavy atom. The molecule has 0 aliphatic rings. The Balaban J connectivity index is 1.73. The number of hydrogen-bond acceptors (Lipinski definition) is 5. The van der Waals surface area contributed by atoms with Crippen molar-refractivity contribution in [3.05, 3.63) is 58.9 Å². The molecule has 0 spiro atoms. The van der Waals surface area contributed by atoms with Crippen LogP contribution in [0.5, 0.6) is 5.75 Å². The molecule has 134 valence electrons. The van der Waals surface area contributed by atoms with Gasteiger partial charge in [0.2, 0.25) is 17.6 Å². The molecule has 0 saturated carbocycles. The molecule has 0 N–H and O–H groups in total. The number of methoxy groups -OCH3 is 1. The summed E-state index contributed by atoms with van der Waals surface area (Å²) in [5.74, 6) is 1.26. The minimum Gasteiger partial charge on any atom is -0.497 e. The zero-order valence-electron chi connectivity index (χ0n) is 14.7. The lowest BCUT2D eigenvalue weighted by molar-refractivity contribution is -0.118. The summed E-state index contributed by atoms with van der Waals surface area (Å²) in [6.45, 7) is 1.92. The number of nitrogens with zero attached hydrogens (tertiary/aromatic N) is 3. The zero-order chi connectivity index (χ0) is 18.7. The van der Waals surface area contributed by atoms with Gasteiger partial charge in [-0.15, -0.1) is 0 Å². The predicted molar refractivity (Wildman–Crippen MR) is 99.6 cm³/mol. The first-order valence-corrected chi connectivity index (χ1v) is 8.35. The van der Waals surface area contributed by atoms with Gasteiger partial charge < -0.3 is 14.2 Å². The van der Waals surface area contributed by atoms with Crippen LogP contribution >= 0.6 is 11.6 Å². The third kappa shape index (κ3) is 3.86. The van der Waals surface area contributed by atoms with Crippen LogP contribution in [0.25, 0.3) is 11.4 Å². The third-order valence-electron chi connectivity index (χ3n) is 4.03. The Bertz CT molecular complexity index is 922. The Morgan fingerprint density at radius 3 is 2.65 bits per heavy atom. The standard InChI is InChI=1S/C19H18ClN3O3/c1-12-4-7-14(20)10-16(12)23(2)18(24)11-17-21-19(22-26-17)13-5-8-15(25-3)9-6-13/h4-10H,11H2,1-3H3. The molecule has 0 unspecified atom stereocenters. The van der Waals surface area contributed by atoms with Gasteiger partial charge in [0.1, 0.15) is 12.2 Å². The van der Waals surface area contributed by atoms with Crippen molar-refractivity contribution in [2.75, 3.05) is 19.1 Å². The Hall–Kier alpha value is -2.86. The number of ether oxygens (including phenoxy) is 1. The van der Waals surface area contributed by atoms with Crippen LogP contribution in [0.2, 0.25) is 5.02 Å². The summed E-state index contributed by atoms with van der Waals surface area (Å²) in [5, 5.41) is 4.51. The Kier molecular flexibility index (Phi) is 5.23. The molecule has 1 amide bonds. The molecule has 3 aromatic rings. The number of amides is 1. The summed E-state index contributed by atoms with van der Waals surface area (Å²) in [7, 11) is 3.30. The Labute approximate surface area is 156 Å². The highest BCUT2D eigenvalue weighted by Crippen LogP contribution is 2.24. The number of rotatable bonds is 5. The monoisotopic (exact) mass is 371 g/mol. The van der Waals surface area contributed by atoms with E-state index < -0.39 is 0 Å². The smallest absolute Gasteiger partial charge is 0.236 e. The highest BCUT2D eigenvalue weighted by atomic mass is 35.5. The summed E-state index contributed by atoms with van der Waals surface area (Å²) in [6, 6.07) is 12.7. The maximum atomic E-state index is 12.5. The molecule has 2 aromatic carbocycles. The summed E-state index contributed by atoms with van der Waals surface area (Å²) in [6.07, 6.45) is 0.00556. The van der Waals surface area contributed by atoms with E-state index in [1.165, 1.54) is 0 Å². The van der Waals surface area contributed by atoms with Gasteiger partial charge in [-0.2, -0.15) is 4.98 Å². The highest BCUT2D eigenvalue weighted by molar-refractivity contribution is 6.31. The minimum absolute atomic E-state index is 0.00556. The van der Waals surface area contributed by atoms with Crippen molar-refractivity contribution in [1.82, 2.24) is 10.1 Å². The lowest BCUT2D eigenvalue weighted by Crippen LogP contribution is -2.28. The molecule has 6 nitrogen and oxygen atoms in total. The number of aromatic nitrogens is 2. The predicted octanol–water partition coefficient (Wildman–Crippen LogP) is 3.91.